The number of aliphatic hydroxyl groups excluding tert-OH is 1. The normalized spacial score (nSPS) is 12.5. The number of aromatic nitrogens is 4. The lowest BCUT2D eigenvalue weighted by Crippen LogP contribution is -2.30. The van der Waals surface area contributed by atoms with Gasteiger partial charge in [0.25, 0.3) is 0 Å². The fourth-order valence-electron chi connectivity index (χ4n) is 2.71. The van der Waals surface area contributed by atoms with Gasteiger partial charge in [0.1, 0.15) is 5.75 Å². The predicted molar refractivity (Wildman–Crippen MR) is 105 cm³/mol. The Bertz CT molecular complexity index is 939. The van der Waals surface area contributed by atoms with E-state index >= 15 is 0 Å². The summed E-state index contributed by atoms with van der Waals surface area (Å²) in [5.41, 5.74) is 8.31. The molecule has 0 saturated heterocycles. The summed E-state index contributed by atoms with van der Waals surface area (Å²) in [5, 5.41) is 26.0. The quantitative estimate of drug-likeness (QED) is 0.313. The van der Waals surface area contributed by atoms with Gasteiger partial charge in [-0.3, -0.25) is 0 Å². The summed E-state index contributed by atoms with van der Waals surface area (Å²) in [6.45, 7) is 4.33. The number of anilines is 3. The van der Waals surface area contributed by atoms with E-state index in [4.69, 9.17) is 5.73 Å². The van der Waals surface area contributed by atoms with Crippen LogP contribution in [0.15, 0.2) is 24.5 Å². The molecule has 0 fully saturated rings. The standard InChI is InChI=1S/C18H25N7O2/c1-10(2)13(8-26)22-18-23-16(15-17(24-18)25(3)9-21-15)20-7-11-6-12(19)4-5-14(11)27/h4-6,9-10,13,26-27H,7-8,19H2,1-3H3,(H2,20,22,23,24). The number of aliphatic hydroxyl groups is 1. The van der Waals surface area contributed by atoms with Gasteiger partial charge >= 0.3 is 0 Å². The Morgan fingerprint density at radius 1 is 1.26 bits per heavy atom. The molecule has 9 heteroatoms. The summed E-state index contributed by atoms with van der Waals surface area (Å²) in [4.78, 5) is 13.4. The average molecular weight is 371 g/mol. The van der Waals surface area contributed by atoms with Crippen LogP contribution in [-0.4, -0.2) is 42.4 Å². The molecule has 0 spiro atoms. The molecule has 3 aromatic rings. The fourth-order valence-corrected chi connectivity index (χ4v) is 2.71. The van der Waals surface area contributed by atoms with Crippen molar-refractivity contribution in [1.82, 2.24) is 19.5 Å². The highest BCUT2D eigenvalue weighted by Gasteiger charge is 2.17. The van der Waals surface area contributed by atoms with Crippen LogP contribution in [0.5, 0.6) is 5.75 Å². The van der Waals surface area contributed by atoms with E-state index in [0.717, 1.165) is 0 Å². The van der Waals surface area contributed by atoms with Crippen LogP contribution in [0.2, 0.25) is 0 Å². The minimum atomic E-state index is -0.165. The van der Waals surface area contributed by atoms with E-state index in [1.54, 1.807) is 29.1 Å². The number of aryl methyl sites for hydroxylation is 1. The molecule has 0 radical (unpaired) electrons. The summed E-state index contributed by atoms with van der Waals surface area (Å²) < 4.78 is 1.80. The molecule has 0 saturated carbocycles. The van der Waals surface area contributed by atoms with E-state index in [2.05, 4.69) is 25.6 Å². The van der Waals surface area contributed by atoms with E-state index in [1.165, 1.54) is 0 Å². The first kappa shape index (κ1) is 18.7. The molecule has 27 heavy (non-hydrogen) atoms. The Hall–Kier alpha value is -3.07. The van der Waals surface area contributed by atoms with Crippen LogP contribution in [0.4, 0.5) is 17.5 Å². The van der Waals surface area contributed by atoms with Gasteiger partial charge in [-0.15, -0.1) is 0 Å². The third-order valence-electron chi connectivity index (χ3n) is 4.43. The highest BCUT2D eigenvalue weighted by molar-refractivity contribution is 5.84. The summed E-state index contributed by atoms with van der Waals surface area (Å²) in [5.74, 6) is 1.30. The second-order valence-electron chi connectivity index (χ2n) is 6.84. The van der Waals surface area contributed by atoms with E-state index < -0.39 is 0 Å². The molecular weight excluding hydrogens is 346 g/mol. The Kier molecular flexibility index (Phi) is 5.31. The minimum absolute atomic E-state index is 0.0234. The van der Waals surface area contributed by atoms with Crippen LogP contribution in [0, 0.1) is 5.92 Å². The lowest BCUT2D eigenvalue weighted by Gasteiger charge is -2.20. The number of fused-ring (bicyclic) bond motifs is 1. The number of aromatic hydroxyl groups is 1. The first-order valence-electron chi connectivity index (χ1n) is 8.76. The molecule has 0 aliphatic carbocycles. The molecule has 2 heterocycles. The lowest BCUT2D eigenvalue weighted by molar-refractivity contribution is 0.248. The largest absolute Gasteiger partial charge is 0.508 e. The number of hydrogen-bond donors (Lipinski definition) is 5. The third-order valence-corrected chi connectivity index (χ3v) is 4.43. The van der Waals surface area contributed by atoms with Gasteiger partial charge in [0.2, 0.25) is 5.95 Å². The summed E-state index contributed by atoms with van der Waals surface area (Å²) in [6, 6.07) is 4.74. The van der Waals surface area contributed by atoms with Crippen molar-refractivity contribution in [2.75, 3.05) is 23.0 Å². The highest BCUT2D eigenvalue weighted by atomic mass is 16.3. The zero-order chi connectivity index (χ0) is 19.6. The third kappa shape index (κ3) is 4.03. The van der Waals surface area contributed by atoms with Gasteiger partial charge in [-0.2, -0.15) is 9.97 Å². The smallest absolute Gasteiger partial charge is 0.227 e. The molecule has 6 N–H and O–H groups in total. The van der Waals surface area contributed by atoms with Crippen molar-refractivity contribution in [3.63, 3.8) is 0 Å². The number of benzene rings is 1. The number of imidazole rings is 1. The topological polar surface area (TPSA) is 134 Å². The molecule has 0 bridgehead atoms. The maximum absolute atomic E-state index is 10.0. The fraction of sp³-hybridized carbons (Fsp3) is 0.389. The minimum Gasteiger partial charge on any atom is -0.508 e. The van der Waals surface area contributed by atoms with Crippen molar-refractivity contribution in [3.8, 4) is 5.75 Å². The van der Waals surface area contributed by atoms with E-state index in [0.29, 0.717) is 40.7 Å². The van der Waals surface area contributed by atoms with Crippen molar-refractivity contribution in [3.05, 3.63) is 30.1 Å². The van der Waals surface area contributed by atoms with Crippen LogP contribution >= 0.6 is 0 Å². The van der Waals surface area contributed by atoms with Gasteiger partial charge < -0.3 is 31.1 Å². The van der Waals surface area contributed by atoms with Gasteiger partial charge in [-0.05, 0) is 24.1 Å². The van der Waals surface area contributed by atoms with Gasteiger partial charge in [0.15, 0.2) is 17.0 Å². The molecule has 144 valence electrons. The molecule has 9 nitrogen and oxygen atoms in total. The van der Waals surface area contributed by atoms with Gasteiger partial charge in [-0.1, -0.05) is 13.8 Å². The van der Waals surface area contributed by atoms with Gasteiger partial charge in [-0.25, -0.2) is 4.98 Å². The Labute approximate surface area is 157 Å². The van der Waals surface area contributed by atoms with Crippen molar-refractivity contribution in [2.45, 2.75) is 26.4 Å². The van der Waals surface area contributed by atoms with Crippen LogP contribution in [-0.2, 0) is 13.6 Å². The number of phenolic OH excluding ortho intramolecular Hbond substituents is 1. The average Bonchev–Trinajstić information content (AvgIpc) is 3.01. The second-order valence-corrected chi connectivity index (χ2v) is 6.84. The summed E-state index contributed by atoms with van der Waals surface area (Å²) in [6.07, 6.45) is 1.66. The number of nitrogens with two attached hydrogens (primary N) is 1. The van der Waals surface area contributed by atoms with E-state index in [1.807, 2.05) is 20.9 Å². The van der Waals surface area contributed by atoms with Crippen molar-refractivity contribution >= 4 is 28.6 Å². The van der Waals surface area contributed by atoms with Gasteiger partial charge in [0.05, 0.1) is 19.0 Å². The van der Waals surface area contributed by atoms with Crippen molar-refractivity contribution < 1.29 is 10.2 Å². The van der Waals surface area contributed by atoms with Crippen LogP contribution in [0.25, 0.3) is 11.2 Å². The summed E-state index contributed by atoms with van der Waals surface area (Å²) in [7, 11) is 1.85. The van der Waals surface area contributed by atoms with Gasteiger partial charge in [0, 0.05) is 24.8 Å². The molecule has 2 aromatic heterocycles. The number of nitrogens with zero attached hydrogens (tertiary/aromatic N) is 4. The first-order valence-corrected chi connectivity index (χ1v) is 8.76. The first-order chi connectivity index (χ1) is 12.9. The SMILES string of the molecule is CC(C)C(CO)Nc1nc(NCc2cc(N)ccc2O)c2ncn(C)c2n1. The van der Waals surface area contributed by atoms with Crippen LogP contribution in [0.1, 0.15) is 19.4 Å². The van der Waals surface area contributed by atoms with Crippen molar-refractivity contribution in [1.29, 1.82) is 0 Å². The highest BCUT2D eigenvalue weighted by Crippen LogP contribution is 2.24. The van der Waals surface area contributed by atoms with Crippen LogP contribution in [0.3, 0.4) is 0 Å². The molecule has 3 rings (SSSR count). The number of nitrogen functional groups attached to an aromatic ring is 1. The molecule has 0 amide bonds. The number of phenols is 1. The number of hydrogen-bond acceptors (Lipinski definition) is 8. The molecule has 0 aliphatic heterocycles. The molecule has 1 unspecified atom stereocenters. The molecule has 0 aliphatic rings. The monoisotopic (exact) mass is 371 g/mol. The zero-order valence-corrected chi connectivity index (χ0v) is 15.6. The lowest BCUT2D eigenvalue weighted by atomic mass is 10.1. The number of nitrogens with one attached hydrogen (secondary N) is 2. The molecule has 1 aromatic carbocycles. The van der Waals surface area contributed by atoms with Crippen LogP contribution < -0.4 is 16.4 Å². The summed E-state index contributed by atoms with van der Waals surface area (Å²) >= 11 is 0. The number of rotatable bonds is 7. The molecular formula is C18H25N7O2. The Balaban J connectivity index is 1.92. The predicted octanol–water partition coefficient (Wildman–Crippen LogP) is 1.69. The Morgan fingerprint density at radius 3 is 2.74 bits per heavy atom. The maximum Gasteiger partial charge on any atom is 0.227 e. The van der Waals surface area contributed by atoms with E-state index in [9.17, 15) is 10.2 Å². The molecule has 1 atom stereocenters. The second kappa shape index (κ2) is 7.67. The Morgan fingerprint density at radius 2 is 2.04 bits per heavy atom. The maximum atomic E-state index is 10.0. The van der Waals surface area contributed by atoms with Crippen molar-refractivity contribution in [2.24, 2.45) is 13.0 Å². The zero-order valence-electron chi connectivity index (χ0n) is 15.6. The van der Waals surface area contributed by atoms with E-state index in [-0.39, 0.29) is 24.3 Å².